The Kier molecular flexibility index (Phi) is 7.02. The Morgan fingerprint density at radius 2 is 1.95 bits per heavy atom. The molecule has 2 aliphatic heterocycles. The number of carbonyl (C=O) groups excluding carboxylic acids is 2. The number of nitrogens with zero attached hydrogens (tertiary/aromatic N) is 3. The van der Waals surface area contributed by atoms with Gasteiger partial charge in [-0.2, -0.15) is 5.10 Å². The van der Waals surface area contributed by atoms with Crippen molar-refractivity contribution in [2.24, 2.45) is 0 Å². The van der Waals surface area contributed by atoms with E-state index in [0.29, 0.717) is 24.9 Å². The fourth-order valence-electron chi connectivity index (χ4n) is 5.41. The topological polar surface area (TPSA) is 90.7 Å². The zero-order valence-electron chi connectivity index (χ0n) is 20.4. The summed E-state index contributed by atoms with van der Waals surface area (Å²) in [5.74, 6) is -5.65. The Hall–Kier alpha value is -3.99. The highest BCUT2D eigenvalue weighted by Crippen LogP contribution is 2.46. The van der Waals surface area contributed by atoms with Crippen molar-refractivity contribution in [2.45, 2.75) is 37.3 Å². The second kappa shape index (κ2) is 10.4. The summed E-state index contributed by atoms with van der Waals surface area (Å²) in [5.41, 5.74) is -0.798. The number of hydrogen-bond donors (Lipinski definition) is 0. The van der Waals surface area contributed by atoms with Crippen molar-refractivity contribution in [1.29, 1.82) is 0 Å². The van der Waals surface area contributed by atoms with Gasteiger partial charge >= 0.3 is 5.97 Å². The molecule has 0 radical (unpaired) electrons. The van der Waals surface area contributed by atoms with E-state index in [-0.39, 0.29) is 24.3 Å². The summed E-state index contributed by atoms with van der Waals surface area (Å²) in [7, 11) is 1.40. The fraction of sp³-hybridized carbons (Fsp3) is 0.333. The maximum atomic E-state index is 15.3. The zero-order chi connectivity index (χ0) is 27.0. The van der Waals surface area contributed by atoms with Gasteiger partial charge in [-0.05, 0) is 36.6 Å². The van der Waals surface area contributed by atoms with Gasteiger partial charge in [-0.15, -0.1) is 0 Å². The highest BCUT2D eigenvalue weighted by Gasteiger charge is 2.49. The normalized spacial score (nSPS) is 19.2. The van der Waals surface area contributed by atoms with Gasteiger partial charge in [0, 0.05) is 25.1 Å². The predicted octanol–water partition coefficient (Wildman–Crippen LogP) is 3.59. The lowest BCUT2D eigenvalue weighted by atomic mass is 9.79. The average molecular weight is 527 g/mol. The van der Waals surface area contributed by atoms with Crippen LogP contribution in [0.15, 0.2) is 53.5 Å². The van der Waals surface area contributed by atoms with E-state index in [4.69, 9.17) is 9.47 Å². The van der Waals surface area contributed by atoms with Gasteiger partial charge in [0.2, 0.25) is 11.2 Å². The van der Waals surface area contributed by atoms with Crippen molar-refractivity contribution in [1.82, 2.24) is 14.7 Å². The largest absolute Gasteiger partial charge is 0.420 e. The molecule has 3 atom stereocenters. The van der Waals surface area contributed by atoms with E-state index in [9.17, 15) is 23.2 Å². The number of fused-ring (bicyclic) bond motifs is 2. The summed E-state index contributed by atoms with van der Waals surface area (Å²) in [6, 6.07) is 7.82. The molecular weight excluding hydrogens is 503 g/mol. The van der Waals surface area contributed by atoms with Gasteiger partial charge in [-0.25, -0.2) is 17.9 Å². The lowest BCUT2D eigenvalue weighted by Gasteiger charge is -2.42. The van der Waals surface area contributed by atoms with Crippen LogP contribution in [0.25, 0.3) is 0 Å². The molecule has 0 saturated carbocycles. The predicted molar refractivity (Wildman–Crippen MR) is 128 cm³/mol. The van der Waals surface area contributed by atoms with E-state index in [0.717, 1.165) is 12.3 Å². The van der Waals surface area contributed by atoms with Crippen molar-refractivity contribution < 1.29 is 32.2 Å². The van der Waals surface area contributed by atoms with Crippen LogP contribution in [0, 0.1) is 17.5 Å². The third-order valence-electron chi connectivity index (χ3n) is 7.00. The summed E-state index contributed by atoms with van der Waals surface area (Å²) < 4.78 is 55.6. The van der Waals surface area contributed by atoms with Gasteiger partial charge in [0.25, 0.3) is 5.91 Å². The first kappa shape index (κ1) is 25.7. The standard InChI is InChI=1S/C27H24F3N3O5/c1-37-12-10-21(35)38-26-20(34)14-31-33-24(19-9-4-11-32(19)27(36)25(26)33)22(15-5-2-6-16(28)13-15)17-7-3-8-18(29)23(17)30/h2-3,5-8,13-14,19,22,24H,4,9-12H2,1H3/t19-,22-,24-/m1/s1. The zero-order valence-corrected chi connectivity index (χ0v) is 20.4. The molecule has 11 heteroatoms. The second-order valence-corrected chi connectivity index (χ2v) is 9.22. The Bertz CT molecular complexity index is 1460. The molecule has 3 heterocycles. The molecule has 198 valence electrons. The molecule has 1 amide bonds. The van der Waals surface area contributed by atoms with Crippen LogP contribution in [-0.4, -0.2) is 52.9 Å². The van der Waals surface area contributed by atoms with Crippen LogP contribution >= 0.6 is 0 Å². The average Bonchev–Trinajstić information content (AvgIpc) is 3.39. The number of aromatic nitrogens is 2. The summed E-state index contributed by atoms with van der Waals surface area (Å²) in [5, 5.41) is 4.22. The molecule has 1 saturated heterocycles. The molecule has 1 fully saturated rings. The minimum atomic E-state index is -1.11. The Morgan fingerprint density at radius 3 is 2.71 bits per heavy atom. The van der Waals surface area contributed by atoms with Crippen LogP contribution in [0.4, 0.5) is 13.2 Å². The molecule has 5 rings (SSSR count). The molecule has 8 nitrogen and oxygen atoms in total. The summed E-state index contributed by atoms with van der Waals surface area (Å²) in [6.45, 7) is 0.375. The maximum Gasteiger partial charge on any atom is 0.313 e. The number of hydrogen-bond acceptors (Lipinski definition) is 6. The van der Waals surface area contributed by atoms with Gasteiger partial charge in [0.15, 0.2) is 17.3 Å². The monoisotopic (exact) mass is 527 g/mol. The van der Waals surface area contributed by atoms with E-state index < -0.39 is 58.5 Å². The van der Waals surface area contributed by atoms with Crippen molar-refractivity contribution in [3.8, 4) is 5.75 Å². The highest BCUT2D eigenvalue weighted by molar-refractivity contribution is 5.97. The minimum absolute atomic E-state index is 0.0404. The number of halogens is 3. The number of carbonyl (C=O) groups is 2. The third-order valence-corrected chi connectivity index (χ3v) is 7.00. The van der Waals surface area contributed by atoms with Crippen LogP contribution in [0.1, 0.15) is 52.8 Å². The minimum Gasteiger partial charge on any atom is -0.420 e. The molecule has 0 unspecified atom stereocenters. The first-order chi connectivity index (χ1) is 18.3. The number of ether oxygens (including phenoxy) is 2. The molecule has 38 heavy (non-hydrogen) atoms. The highest BCUT2D eigenvalue weighted by atomic mass is 19.2. The number of methoxy groups -OCH3 is 1. The van der Waals surface area contributed by atoms with Gasteiger partial charge in [-0.1, -0.05) is 24.3 Å². The van der Waals surface area contributed by atoms with Crippen LogP contribution in [0.2, 0.25) is 0 Å². The summed E-state index contributed by atoms with van der Waals surface area (Å²) >= 11 is 0. The first-order valence-electron chi connectivity index (χ1n) is 12.1. The van der Waals surface area contributed by atoms with Crippen LogP contribution in [-0.2, 0) is 9.53 Å². The van der Waals surface area contributed by atoms with E-state index in [1.807, 2.05) is 0 Å². The molecule has 2 aromatic carbocycles. The number of esters is 1. The SMILES string of the molecule is COCCC(=O)Oc1c2n(ncc1=O)[C@@H]([C@H](c1cccc(F)c1)c1cccc(F)c1F)[C@H]1CCCN1C2=O. The fourth-order valence-corrected chi connectivity index (χ4v) is 5.41. The second-order valence-electron chi connectivity index (χ2n) is 9.22. The van der Waals surface area contributed by atoms with Gasteiger partial charge in [-0.3, -0.25) is 14.4 Å². The van der Waals surface area contributed by atoms with Crippen LogP contribution in [0.3, 0.4) is 0 Å². The third kappa shape index (κ3) is 4.47. The molecule has 0 N–H and O–H groups in total. The lowest BCUT2D eigenvalue weighted by Crippen LogP contribution is -2.51. The van der Waals surface area contributed by atoms with Crippen LogP contribution in [0.5, 0.6) is 5.75 Å². The lowest BCUT2D eigenvalue weighted by molar-refractivity contribution is -0.135. The molecule has 3 aromatic rings. The van der Waals surface area contributed by atoms with Gasteiger partial charge in [0.05, 0.1) is 31.3 Å². The quantitative estimate of drug-likeness (QED) is 0.437. The van der Waals surface area contributed by atoms with Crippen molar-refractivity contribution in [3.05, 3.63) is 93.2 Å². The molecule has 0 bridgehead atoms. The number of benzene rings is 2. The summed E-state index contributed by atoms with van der Waals surface area (Å²) in [4.78, 5) is 40.3. The molecule has 0 aliphatic carbocycles. The van der Waals surface area contributed by atoms with E-state index in [1.165, 1.54) is 47.0 Å². The Labute approximate surface area is 215 Å². The Morgan fingerprint density at radius 1 is 1.16 bits per heavy atom. The van der Waals surface area contributed by atoms with Gasteiger partial charge in [0.1, 0.15) is 5.82 Å². The maximum absolute atomic E-state index is 15.3. The van der Waals surface area contributed by atoms with Crippen molar-refractivity contribution in [2.75, 3.05) is 20.3 Å². The molecule has 2 aliphatic rings. The molecule has 0 spiro atoms. The van der Waals surface area contributed by atoms with Crippen LogP contribution < -0.4 is 10.2 Å². The molecule has 1 aromatic heterocycles. The first-order valence-corrected chi connectivity index (χ1v) is 12.1. The van der Waals surface area contributed by atoms with E-state index in [1.54, 1.807) is 6.07 Å². The summed E-state index contributed by atoms with van der Waals surface area (Å²) in [6.07, 6.45) is 1.87. The van der Waals surface area contributed by atoms with E-state index >= 15 is 4.39 Å². The van der Waals surface area contributed by atoms with Gasteiger partial charge < -0.3 is 14.4 Å². The van der Waals surface area contributed by atoms with Crippen molar-refractivity contribution in [3.63, 3.8) is 0 Å². The smallest absolute Gasteiger partial charge is 0.313 e. The van der Waals surface area contributed by atoms with Crippen molar-refractivity contribution >= 4 is 11.9 Å². The molecular formula is C27H24F3N3O5. The number of amides is 1. The Balaban J connectivity index is 1.75. The number of rotatable bonds is 7. The van der Waals surface area contributed by atoms with E-state index in [2.05, 4.69) is 5.10 Å².